The molecule has 3 N–H and O–H groups in total. The second-order valence-electron chi connectivity index (χ2n) is 6.94. The highest BCUT2D eigenvalue weighted by Crippen LogP contribution is 2.28. The van der Waals surface area contributed by atoms with E-state index in [0.29, 0.717) is 29.9 Å². The van der Waals surface area contributed by atoms with Crippen molar-refractivity contribution in [2.24, 2.45) is 0 Å². The lowest BCUT2D eigenvalue weighted by atomic mass is 10.2. The summed E-state index contributed by atoms with van der Waals surface area (Å²) < 4.78 is 28.3. The maximum absolute atomic E-state index is 12.6. The summed E-state index contributed by atoms with van der Waals surface area (Å²) in [4.78, 5) is 24.0. The number of fused-ring (bicyclic) bond motifs is 1. The SMILES string of the molecule is CCCS(=O)(=O)Nc1nc(NC2CC2)c2[nH]c(=O)n(Cc3ccccc3)c2n1. The van der Waals surface area contributed by atoms with Crippen LogP contribution in [-0.4, -0.2) is 39.7 Å². The fraction of sp³-hybridized carbons (Fsp3) is 0.389. The molecule has 9 nitrogen and oxygen atoms in total. The van der Waals surface area contributed by atoms with Crippen LogP contribution >= 0.6 is 0 Å². The molecule has 1 saturated carbocycles. The average molecular weight is 402 g/mol. The summed E-state index contributed by atoms with van der Waals surface area (Å²) in [6.45, 7) is 2.10. The van der Waals surface area contributed by atoms with Crippen molar-refractivity contribution in [3.63, 3.8) is 0 Å². The van der Waals surface area contributed by atoms with E-state index >= 15 is 0 Å². The lowest BCUT2D eigenvalue weighted by Crippen LogP contribution is -2.20. The number of nitrogens with one attached hydrogen (secondary N) is 3. The Morgan fingerprint density at radius 3 is 2.64 bits per heavy atom. The fourth-order valence-electron chi connectivity index (χ4n) is 2.97. The van der Waals surface area contributed by atoms with E-state index in [9.17, 15) is 13.2 Å². The van der Waals surface area contributed by atoms with E-state index in [1.54, 1.807) is 6.92 Å². The van der Waals surface area contributed by atoms with Gasteiger partial charge in [0.15, 0.2) is 11.5 Å². The third kappa shape index (κ3) is 4.01. The van der Waals surface area contributed by atoms with Gasteiger partial charge in [-0.2, -0.15) is 9.97 Å². The molecule has 1 aliphatic rings. The molecule has 0 amide bonds. The minimum atomic E-state index is -3.55. The van der Waals surface area contributed by atoms with Crippen molar-refractivity contribution >= 4 is 33.0 Å². The van der Waals surface area contributed by atoms with E-state index in [4.69, 9.17) is 0 Å². The molecule has 2 heterocycles. The van der Waals surface area contributed by atoms with E-state index < -0.39 is 10.0 Å². The van der Waals surface area contributed by atoms with Gasteiger partial charge in [0, 0.05) is 6.04 Å². The van der Waals surface area contributed by atoms with Crippen molar-refractivity contribution in [3.05, 3.63) is 46.4 Å². The summed E-state index contributed by atoms with van der Waals surface area (Å²) in [6.07, 6.45) is 2.50. The molecule has 0 bridgehead atoms. The number of benzene rings is 1. The molecule has 1 aliphatic carbocycles. The zero-order valence-electron chi connectivity index (χ0n) is 15.5. The number of H-pyrrole nitrogens is 1. The average Bonchev–Trinajstić information content (AvgIpc) is 3.40. The van der Waals surface area contributed by atoms with E-state index in [1.165, 1.54) is 4.57 Å². The van der Waals surface area contributed by atoms with Crippen molar-refractivity contribution in [1.82, 2.24) is 19.5 Å². The van der Waals surface area contributed by atoms with E-state index in [-0.39, 0.29) is 23.4 Å². The molecule has 148 valence electrons. The van der Waals surface area contributed by atoms with Crippen molar-refractivity contribution in [3.8, 4) is 0 Å². The molecule has 4 rings (SSSR count). The standard InChI is InChI=1S/C18H22N6O3S/c1-2-10-28(26,27)23-17-21-15(19-13-8-9-13)14-16(22-17)24(18(25)20-14)11-12-6-4-3-5-7-12/h3-7,13H,2,8-11H2,1H3,(H,20,25)(H2,19,21,22,23). The van der Waals surface area contributed by atoms with Gasteiger partial charge in [0.1, 0.15) is 5.52 Å². The van der Waals surface area contributed by atoms with Crippen LogP contribution in [0.15, 0.2) is 35.1 Å². The normalized spacial score (nSPS) is 14.3. The number of hydrogen-bond donors (Lipinski definition) is 3. The molecular weight excluding hydrogens is 380 g/mol. The first kappa shape index (κ1) is 18.5. The Morgan fingerprint density at radius 1 is 1.21 bits per heavy atom. The van der Waals surface area contributed by atoms with Crippen molar-refractivity contribution < 1.29 is 8.42 Å². The zero-order valence-corrected chi connectivity index (χ0v) is 16.3. The van der Waals surface area contributed by atoms with Crippen molar-refractivity contribution in [2.45, 2.75) is 38.8 Å². The topological polar surface area (TPSA) is 122 Å². The molecule has 0 radical (unpaired) electrons. The molecular formula is C18H22N6O3S. The van der Waals surface area contributed by atoms with Crippen LogP contribution in [0.25, 0.3) is 11.2 Å². The van der Waals surface area contributed by atoms with Crippen molar-refractivity contribution in [2.75, 3.05) is 15.8 Å². The summed E-state index contributed by atoms with van der Waals surface area (Å²) >= 11 is 0. The van der Waals surface area contributed by atoms with Crippen LogP contribution < -0.4 is 15.7 Å². The number of nitrogens with zero attached hydrogens (tertiary/aromatic N) is 3. The second-order valence-corrected chi connectivity index (χ2v) is 8.78. The number of aromatic nitrogens is 4. The zero-order chi connectivity index (χ0) is 19.7. The van der Waals surface area contributed by atoms with Gasteiger partial charge < -0.3 is 10.3 Å². The molecule has 28 heavy (non-hydrogen) atoms. The molecule has 1 aromatic carbocycles. The Bertz CT molecular complexity index is 1150. The van der Waals surface area contributed by atoms with Crippen LogP contribution in [0.3, 0.4) is 0 Å². The summed E-state index contributed by atoms with van der Waals surface area (Å²) in [5, 5.41) is 3.25. The Labute approximate surface area is 162 Å². The first-order valence-corrected chi connectivity index (χ1v) is 10.9. The minimum Gasteiger partial charge on any atom is -0.365 e. The largest absolute Gasteiger partial charge is 0.365 e. The summed E-state index contributed by atoms with van der Waals surface area (Å²) in [7, 11) is -3.55. The van der Waals surface area contributed by atoms with Crippen LogP contribution in [0.1, 0.15) is 31.7 Å². The van der Waals surface area contributed by atoms with Gasteiger partial charge in [-0.25, -0.2) is 13.2 Å². The molecule has 0 aliphatic heterocycles. The summed E-state index contributed by atoms with van der Waals surface area (Å²) in [5.74, 6) is 0.375. The van der Waals surface area contributed by atoms with Crippen LogP contribution in [0.4, 0.5) is 11.8 Å². The third-order valence-corrected chi connectivity index (χ3v) is 5.88. The van der Waals surface area contributed by atoms with Gasteiger partial charge in [-0.15, -0.1) is 0 Å². The lowest BCUT2D eigenvalue weighted by molar-refractivity contribution is 0.599. The molecule has 3 aromatic rings. The van der Waals surface area contributed by atoms with Gasteiger partial charge in [-0.05, 0) is 24.8 Å². The first-order chi connectivity index (χ1) is 13.4. The van der Waals surface area contributed by atoms with Gasteiger partial charge in [-0.3, -0.25) is 9.29 Å². The third-order valence-electron chi connectivity index (χ3n) is 4.44. The number of rotatable bonds is 8. The molecule has 0 saturated heterocycles. The predicted molar refractivity (Wildman–Crippen MR) is 108 cm³/mol. The molecule has 2 aromatic heterocycles. The lowest BCUT2D eigenvalue weighted by Gasteiger charge is -2.10. The fourth-order valence-corrected chi connectivity index (χ4v) is 3.98. The monoisotopic (exact) mass is 402 g/mol. The summed E-state index contributed by atoms with van der Waals surface area (Å²) in [6, 6.07) is 9.81. The Kier molecular flexibility index (Phi) is 4.80. The second kappa shape index (κ2) is 7.27. The molecule has 0 unspecified atom stereocenters. The molecule has 1 fully saturated rings. The molecule has 0 atom stereocenters. The van der Waals surface area contributed by atoms with E-state index in [0.717, 1.165) is 18.4 Å². The van der Waals surface area contributed by atoms with Crippen LogP contribution in [0.5, 0.6) is 0 Å². The number of imidazole rings is 1. The van der Waals surface area contributed by atoms with E-state index in [2.05, 4.69) is 25.0 Å². The van der Waals surface area contributed by atoms with Crippen LogP contribution in [0.2, 0.25) is 0 Å². The van der Waals surface area contributed by atoms with Gasteiger partial charge in [0.05, 0.1) is 12.3 Å². The van der Waals surface area contributed by atoms with Crippen molar-refractivity contribution in [1.29, 1.82) is 0 Å². The Balaban J connectivity index is 1.80. The highest BCUT2D eigenvalue weighted by molar-refractivity contribution is 7.92. The quantitative estimate of drug-likeness (QED) is 0.529. The highest BCUT2D eigenvalue weighted by atomic mass is 32.2. The van der Waals surface area contributed by atoms with Gasteiger partial charge in [-0.1, -0.05) is 37.3 Å². The smallest absolute Gasteiger partial charge is 0.328 e. The first-order valence-electron chi connectivity index (χ1n) is 9.26. The number of anilines is 2. The number of hydrogen-bond acceptors (Lipinski definition) is 6. The molecule has 10 heteroatoms. The molecule has 0 spiro atoms. The number of aromatic amines is 1. The van der Waals surface area contributed by atoms with Gasteiger partial charge in [0.2, 0.25) is 16.0 Å². The summed E-state index contributed by atoms with van der Waals surface area (Å²) in [5.41, 5.74) is 1.46. The van der Waals surface area contributed by atoms with Gasteiger partial charge >= 0.3 is 5.69 Å². The van der Waals surface area contributed by atoms with Crippen LogP contribution in [-0.2, 0) is 16.6 Å². The van der Waals surface area contributed by atoms with Crippen LogP contribution in [0, 0.1) is 0 Å². The van der Waals surface area contributed by atoms with E-state index in [1.807, 2.05) is 30.3 Å². The maximum Gasteiger partial charge on any atom is 0.328 e. The number of sulfonamides is 1. The minimum absolute atomic E-state index is 0.0241. The highest BCUT2D eigenvalue weighted by Gasteiger charge is 2.25. The predicted octanol–water partition coefficient (Wildman–Crippen LogP) is 1.89. The Morgan fingerprint density at radius 2 is 1.96 bits per heavy atom. The van der Waals surface area contributed by atoms with Gasteiger partial charge in [0.25, 0.3) is 0 Å². The Hall–Kier alpha value is -2.88. The maximum atomic E-state index is 12.6.